The number of halogens is 3. The van der Waals surface area contributed by atoms with Crippen molar-refractivity contribution in [2.24, 2.45) is 17.3 Å². The first-order chi connectivity index (χ1) is 16.3. The second-order valence-corrected chi connectivity index (χ2v) is 10.0. The molecule has 34 heavy (non-hydrogen) atoms. The van der Waals surface area contributed by atoms with E-state index in [9.17, 15) is 18.0 Å². The van der Waals surface area contributed by atoms with E-state index in [1.807, 2.05) is 0 Å². The van der Waals surface area contributed by atoms with Crippen molar-refractivity contribution in [2.45, 2.75) is 63.6 Å². The highest BCUT2D eigenvalue weighted by molar-refractivity contribution is 5.84. The van der Waals surface area contributed by atoms with E-state index >= 15 is 0 Å². The third-order valence-electron chi connectivity index (χ3n) is 8.02. The Balaban J connectivity index is 1.29. The van der Waals surface area contributed by atoms with Crippen molar-refractivity contribution in [3.05, 3.63) is 23.5 Å². The maximum atomic E-state index is 13.9. The van der Waals surface area contributed by atoms with Gasteiger partial charge in [0.2, 0.25) is 5.91 Å². The van der Waals surface area contributed by atoms with Gasteiger partial charge in [-0.25, -0.2) is 0 Å². The molecule has 0 aromatic carbocycles. The van der Waals surface area contributed by atoms with Crippen molar-refractivity contribution < 1.29 is 36.9 Å². The van der Waals surface area contributed by atoms with Gasteiger partial charge in [0.25, 0.3) is 0 Å². The molecule has 188 valence electrons. The Bertz CT molecular complexity index is 913. The van der Waals surface area contributed by atoms with Crippen molar-refractivity contribution in [3.8, 4) is 5.75 Å². The lowest BCUT2D eigenvalue weighted by Gasteiger charge is -2.37. The van der Waals surface area contributed by atoms with Gasteiger partial charge in [0.1, 0.15) is 5.75 Å². The van der Waals surface area contributed by atoms with Crippen LogP contribution in [-0.4, -0.2) is 67.8 Å². The highest BCUT2D eigenvalue weighted by Crippen LogP contribution is 2.53. The van der Waals surface area contributed by atoms with E-state index in [0.717, 1.165) is 38.5 Å². The fourth-order valence-electron chi connectivity index (χ4n) is 6.44. The van der Waals surface area contributed by atoms with Crippen LogP contribution in [0.5, 0.6) is 5.75 Å². The van der Waals surface area contributed by atoms with E-state index in [1.165, 1.54) is 6.07 Å². The molecular formula is C24H31F3N2O5. The Labute approximate surface area is 196 Å². The number of aromatic nitrogens is 1. The van der Waals surface area contributed by atoms with Crippen LogP contribution in [0, 0.1) is 17.3 Å². The van der Waals surface area contributed by atoms with Crippen molar-refractivity contribution in [2.75, 3.05) is 33.5 Å². The van der Waals surface area contributed by atoms with E-state index in [1.54, 1.807) is 12.0 Å². The summed E-state index contributed by atoms with van der Waals surface area (Å²) in [5.41, 5.74) is 0.765. The van der Waals surface area contributed by atoms with Gasteiger partial charge in [-0.1, -0.05) is 0 Å². The maximum Gasteiger partial charge on any atom is 0.573 e. The molecule has 1 amide bonds. The molecule has 5 rings (SSSR count). The quantitative estimate of drug-likeness (QED) is 0.637. The molecule has 1 saturated carbocycles. The van der Waals surface area contributed by atoms with Crippen LogP contribution in [0.15, 0.2) is 12.3 Å². The predicted octanol–water partition coefficient (Wildman–Crippen LogP) is 3.49. The zero-order chi connectivity index (χ0) is 23.9. The van der Waals surface area contributed by atoms with E-state index in [-0.39, 0.29) is 30.4 Å². The largest absolute Gasteiger partial charge is 0.573 e. The number of alkyl halides is 3. The molecule has 3 aliphatic heterocycles. The van der Waals surface area contributed by atoms with Gasteiger partial charge in [0.05, 0.1) is 30.4 Å². The number of nitrogens with zero attached hydrogens (tertiary/aromatic N) is 2. The van der Waals surface area contributed by atoms with Gasteiger partial charge in [0.15, 0.2) is 0 Å². The molecular weight excluding hydrogens is 453 g/mol. The lowest BCUT2D eigenvalue weighted by Crippen LogP contribution is -2.48. The van der Waals surface area contributed by atoms with E-state index in [0.29, 0.717) is 55.7 Å². The third kappa shape index (κ3) is 4.64. The van der Waals surface area contributed by atoms with Crippen LogP contribution >= 0.6 is 0 Å². The molecule has 0 spiro atoms. The standard InChI is InChI=1S/C24H31F3N2O5/c1-31-20-14-32-6-3-16(20)8-15-9-21-23(11-15,4-7-33-21)22(30)29-5-2-19-17(13-29)10-18(12-28-19)34-24(25,26)27/h10,12,15-16,20-21H,2-9,11,13-14H2,1H3/t15-,16?,20?,21-,23-/m1/s1. The van der Waals surface area contributed by atoms with Crippen LogP contribution < -0.4 is 4.74 Å². The minimum absolute atomic E-state index is 0.0561. The van der Waals surface area contributed by atoms with E-state index < -0.39 is 11.8 Å². The maximum absolute atomic E-state index is 13.9. The Morgan fingerprint density at radius 3 is 3.00 bits per heavy atom. The lowest BCUT2D eigenvalue weighted by atomic mass is 9.78. The summed E-state index contributed by atoms with van der Waals surface area (Å²) in [6.07, 6.45) is 1.07. The van der Waals surface area contributed by atoms with Gasteiger partial charge >= 0.3 is 6.36 Å². The fourth-order valence-corrected chi connectivity index (χ4v) is 6.44. The zero-order valence-corrected chi connectivity index (χ0v) is 19.3. The van der Waals surface area contributed by atoms with Crippen LogP contribution in [0.1, 0.15) is 43.4 Å². The summed E-state index contributed by atoms with van der Waals surface area (Å²) >= 11 is 0. The van der Waals surface area contributed by atoms with Crippen molar-refractivity contribution in [3.63, 3.8) is 0 Å². The van der Waals surface area contributed by atoms with Crippen LogP contribution in [0.3, 0.4) is 0 Å². The van der Waals surface area contributed by atoms with Gasteiger partial charge in [-0.15, -0.1) is 13.2 Å². The molecule has 1 aromatic heterocycles. The summed E-state index contributed by atoms with van der Waals surface area (Å²) < 4.78 is 59.2. The van der Waals surface area contributed by atoms with E-state index in [2.05, 4.69) is 9.72 Å². The molecule has 2 unspecified atom stereocenters. The summed E-state index contributed by atoms with van der Waals surface area (Å²) in [6.45, 7) is 2.66. The number of carbonyl (C=O) groups is 1. The Kier molecular flexibility index (Phi) is 6.50. The predicted molar refractivity (Wildman–Crippen MR) is 114 cm³/mol. The van der Waals surface area contributed by atoms with E-state index in [4.69, 9.17) is 14.2 Å². The molecule has 5 atom stereocenters. The van der Waals surface area contributed by atoms with Gasteiger partial charge < -0.3 is 23.8 Å². The number of fused-ring (bicyclic) bond motifs is 2. The third-order valence-corrected chi connectivity index (χ3v) is 8.02. The summed E-state index contributed by atoms with van der Waals surface area (Å²) in [7, 11) is 1.72. The normalized spacial score (nSPS) is 33.5. The molecule has 1 aromatic rings. The monoisotopic (exact) mass is 484 g/mol. The molecule has 1 aliphatic carbocycles. The number of hydrogen-bond donors (Lipinski definition) is 0. The van der Waals surface area contributed by atoms with Gasteiger partial charge in [-0.2, -0.15) is 0 Å². The van der Waals surface area contributed by atoms with Crippen LogP contribution in [0.2, 0.25) is 0 Å². The molecule has 0 bridgehead atoms. The Morgan fingerprint density at radius 1 is 1.35 bits per heavy atom. The average Bonchev–Trinajstić information content (AvgIpc) is 3.35. The lowest BCUT2D eigenvalue weighted by molar-refractivity contribution is -0.274. The number of ether oxygens (including phenoxy) is 4. The topological polar surface area (TPSA) is 70.1 Å². The van der Waals surface area contributed by atoms with Gasteiger partial charge in [-0.05, 0) is 55.6 Å². The molecule has 7 nitrogen and oxygen atoms in total. The van der Waals surface area contributed by atoms with Crippen LogP contribution in [0.25, 0.3) is 0 Å². The first kappa shape index (κ1) is 23.8. The molecule has 2 saturated heterocycles. The minimum Gasteiger partial charge on any atom is -0.404 e. The molecule has 4 heterocycles. The molecule has 4 aliphatic rings. The Morgan fingerprint density at radius 2 is 2.21 bits per heavy atom. The summed E-state index contributed by atoms with van der Waals surface area (Å²) in [4.78, 5) is 19.8. The summed E-state index contributed by atoms with van der Waals surface area (Å²) in [5, 5.41) is 0. The van der Waals surface area contributed by atoms with Gasteiger partial charge in [-0.3, -0.25) is 9.78 Å². The van der Waals surface area contributed by atoms with Crippen molar-refractivity contribution in [1.29, 1.82) is 0 Å². The first-order valence-electron chi connectivity index (χ1n) is 12.0. The average molecular weight is 485 g/mol. The number of pyridine rings is 1. The number of hydrogen-bond acceptors (Lipinski definition) is 6. The number of amides is 1. The van der Waals surface area contributed by atoms with Crippen molar-refractivity contribution >= 4 is 5.91 Å². The highest BCUT2D eigenvalue weighted by atomic mass is 19.4. The van der Waals surface area contributed by atoms with Crippen LogP contribution in [0.4, 0.5) is 13.2 Å². The smallest absolute Gasteiger partial charge is 0.404 e. The summed E-state index contributed by atoms with van der Waals surface area (Å²) in [6, 6.07) is 1.35. The first-order valence-corrected chi connectivity index (χ1v) is 12.0. The molecule has 3 fully saturated rings. The SMILES string of the molecule is COC1COCCC1C[C@@H]1C[C@H]2OCC[C@@]2(C(=O)N2CCc3ncc(OC(F)(F)F)cc3C2)C1. The molecule has 0 N–H and O–H groups in total. The summed E-state index contributed by atoms with van der Waals surface area (Å²) in [5.74, 6) is 0.488. The number of methoxy groups -OCH3 is 1. The number of rotatable bonds is 5. The zero-order valence-electron chi connectivity index (χ0n) is 19.3. The van der Waals surface area contributed by atoms with Gasteiger partial charge in [0, 0.05) is 45.5 Å². The Hall–Kier alpha value is -1.91. The molecule has 10 heteroatoms. The minimum atomic E-state index is -4.78. The van der Waals surface area contributed by atoms with Crippen LogP contribution in [-0.2, 0) is 32.0 Å². The second-order valence-electron chi connectivity index (χ2n) is 10.0. The van der Waals surface area contributed by atoms with Crippen molar-refractivity contribution in [1.82, 2.24) is 9.88 Å². The number of carbonyl (C=O) groups excluding carboxylic acids is 1. The second kappa shape index (κ2) is 9.28. The molecule has 0 radical (unpaired) electrons. The fraction of sp³-hybridized carbons (Fsp3) is 0.750. The highest BCUT2D eigenvalue weighted by Gasteiger charge is 2.57.